The zero-order valence-corrected chi connectivity index (χ0v) is 34.3. The number of aliphatic hydroxyl groups excluding tert-OH is 5. The first-order chi connectivity index (χ1) is 26.4. The number of hydrogen-bond donors (Lipinski definition) is 7. The molecule has 2 amide bonds. The molecule has 21 nitrogen and oxygen atoms in total. The van der Waals surface area contributed by atoms with Gasteiger partial charge < -0.3 is 59.7 Å². The molecular formula is C33H42N3NaO18S2. The fourth-order valence-electron chi connectivity index (χ4n) is 4.86. The number of benzene rings is 2. The molecule has 7 N–H and O–H groups in total. The second kappa shape index (κ2) is 26.4. The standard InChI is InChI=1S/C14H19NO9S.C14H19NO6.C5H5N.Na.O3S/c1-8(16)15-11-13(18)12(17)10(7-22-25(19,20)21)24-14(11)23-9-5-3-2-4-6-9;1-8(17)15-11-13(19)12(18)10(7-16)21-14(11)20-9-5-3-2-4-6-9;1-2-4-6-5-3-1;;1-4(2)3/h2-6,10-14,17-18H,7H2,1H3,(H,15,16)(H,19,20,21);2-6,10-14,16,18-19H,7H2,1H3,(H,15,17);1-5H;;/q;;;+1;/p-1/t2*10?,11?,12-,13+,14+;;;/m00.../s1. The number of nitrogens with zero attached hydrogens (tertiary/aromatic N) is 1. The minimum atomic E-state index is -5.01. The molecule has 57 heavy (non-hydrogen) atoms. The van der Waals surface area contributed by atoms with Gasteiger partial charge in [0.1, 0.15) is 60.2 Å². The van der Waals surface area contributed by atoms with Gasteiger partial charge in [-0.3, -0.25) is 18.8 Å². The summed E-state index contributed by atoms with van der Waals surface area (Å²) < 4.78 is 83.2. The van der Waals surface area contributed by atoms with Gasteiger partial charge in [0.15, 0.2) is 0 Å². The molecule has 2 saturated heterocycles. The number of aromatic nitrogens is 1. The van der Waals surface area contributed by atoms with E-state index in [1.165, 1.54) is 13.8 Å². The molecule has 310 valence electrons. The van der Waals surface area contributed by atoms with Crippen molar-refractivity contribution in [3.8, 4) is 11.5 Å². The quantitative estimate of drug-likeness (QED) is 0.0568. The van der Waals surface area contributed by atoms with Crippen molar-refractivity contribution in [2.45, 2.75) is 75.1 Å². The van der Waals surface area contributed by atoms with Crippen molar-refractivity contribution in [1.29, 1.82) is 0 Å². The molecule has 2 aliphatic heterocycles. The number of carbonyl (C=O) groups excluding carboxylic acids is 2. The molecule has 2 fully saturated rings. The Morgan fingerprint density at radius 3 is 1.40 bits per heavy atom. The third-order valence-electron chi connectivity index (χ3n) is 7.26. The Morgan fingerprint density at radius 1 is 0.719 bits per heavy atom. The van der Waals surface area contributed by atoms with Crippen LogP contribution in [0.25, 0.3) is 0 Å². The number of aliphatic hydroxyl groups is 5. The van der Waals surface area contributed by atoms with E-state index < -0.39 is 101 Å². The zero-order chi connectivity index (χ0) is 41.8. The van der Waals surface area contributed by atoms with Crippen LogP contribution in [0.4, 0.5) is 0 Å². The van der Waals surface area contributed by atoms with Crippen LogP contribution < -0.4 is 49.7 Å². The smallest absolute Gasteiger partial charge is 0.726 e. The summed E-state index contributed by atoms with van der Waals surface area (Å²) in [5, 5.41) is 54.3. The summed E-state index contributed by atoms with van der Waals surface area (Å²) in [7, 11) is -8.12. The first kappa shape index (κ1) is 51.4. The Kier molecular flexibility index (Phi) is 23.8. The van der Waals surface area contributed by atoms with Crippen LogP contribution in [0.15, 0.2) is 91.3 Å². The van der Waals surface area contributed by atoms with Crippen LogP contribution in [-0.2, 0) is 44.3 Å². The van der Waals surface area contributed by atoms with E-state index in [0.717, 1.165) is 0 Å². The predicted molar refractivity (Wildman–Crippen MR) is 187 cm³/mol. The summed E-state index contributed by atoms with van der Waals surface area (Å²) in [6.07, 6.45) is -6.92. The summed E-state index contributed by atoms with van der Waals surface area (Å²) in [5.41, 5.74) is 0. The number of para-hydroxylation sites is 2. The zero-order valence-electron chi connectivity index (χ0n) is 30.7. The van der Waals surface area contributed by atoms with Gasteiger partial charge in [0.05, 0.1) is 13.2 Å². The minimum absolute atomic E-state index is 0. The molecule has 24 heteroatoms. The average Bonchev–Trinajstić information content (AvgIpc) is 3.15. The van der Waals surface area contributed by atoms with E-state index in [0.29, 0.717) is 11.5 Å². The summed E-state index contributed by atoms with van der Waals surface area (Å²) in [4.78, 5) is 26.4. The largest absolute Gasteiger partial charge is 1.00 e. The van der Waals surface area contributed by atoms with Crippen LogP contribution in [0, 0.1) is 0 Å². The second-order valence-electron chi connectivity index (χ2n) is 11.5. The van der Waals surface area contributed by atoms with E-state index in [2.05, 4.69) is 19.8 Å². The van der Waals surface area contributed by atoms with Crippen molar-refractivity contribution in [3.05, 3.63) is 91.3 Å². The molecule has 1 aromatic heterocycles. The van der Waals surface area contributed by atoms with Crippen LogP contribution in [0.2, 0.25) is 0 Å². The number of hydrogen-bond acceptors (Lipinski definition) is 19. The maximum atomic E-state index is 11.3. The molecule has 0 spiro atoms. The van der Waals surface area contributed by atoms with E-state index >= 15 is 0 Å². The van der Waals surface area contributed by atoms with Crippen LogP contribution in [0.5, 0.6) is 11.5 Å². The Morgan fingerprint density at radius 2 is 1.09 bits per heavy atom. The third kappa shape index (κ3) is 19.6. The molecule has 0 radical (unpaired) electrons. The van der Waals surface area contributed by atoms with Gasteiger partial charge in [0, 0.05) is 26.2 Å². The number of nitrogens with one attached hydrogen (secondary N) is 2. The van der Waals surface area contributed by atoms with Gasteiger partial charge in [-0.1, -0.05) is 42.5 Å². The van der Waals surface area contributed by atoms with Gasteiger partial charge in [-0.05, 0) is 36.4 Å². The SMILES string of the molecule is CC(=O)NC1[C@H](Oc2ccccc2)OC(CO)[C@H](O)[C@@H]1O.CC(=O)NC1[C@H](Oc2ccccc2)OC(COS(=O)(=O)[O-])[C@H](O)[C@@H]1O.O=S(=O)=O.[Na+].c1ccncc1. The fourth-order valence-corrected chi connectivity index (χ4v) is 5.16. The summed E-state index contributed by atoms with van der Waals surface area (Å²) in [6, 6.07) is 20.7. The van der Waals surface area contributed by atoms with Gasteiger partial charge in [-0.2, -0.15) is 0 Å². The number of carbonyl (C=O) groups is 2. The topological polar surface area (TPSA) is 327 Å². The monoisotopic (exact) mass is 855 g/mol. The van der Waals surface area contributed by atoms with Gasteiger partial charge in [-0.25, -0.2) is 8.42 Å². The van der Waals surface area contributed by atoms with Gasteiger partial charge in [0.25, 0.3) is 0 Å². The molecular weight excluding hydrogens is 813 g/mol. The molecule has 5 rings (SSSR count). The van der Waals surface area contributed by atoms with Crippen molar-refractivity contribution in [2.75, 3.05) is 13.2 Å². The average molecular weight is 856 g/mol. The van der Waals surface area contributed by atoms with Crippen LogP contribution in [-0.4, -0.2) is 142 Å². The summed E-state index contributed by atoms with van der Waals surface area (Å²) >= 11 is 0. The number of rotatable bonds is 10. The van der Waals surface area contributed by atoms with Crippen molar-refractivity contribution in [3.63, 3.8) is 0 Å². The number of amides is 2. The minimum Gasteiger partial charge on any atom is -0.726 e. The first-order valence-electron chi connectivity index (χ1n) is 16.3. The van der Waals surface area contributed by atoms with Crippen LogP contribution >= 0.6 is 0 Å². The first-order valence-corrected chi connectivity index (χ1v) is 18.6. The van der Waals surface area contributed by atoms with E-state index in [-0.39, 0.29) is 35.5 Å². The van der Waals surface area contributed by atoms with Crippen LogP contribution in [0.1, 0.15) is 13.8 Å². The Hall–Kier alpha value is -3.66. The maximum Gasteiger partial charge on any atom is 1.00 e. The molecule has 0 saturated carbocycles. The van der Waals surface area contributed by atoms with Crippen molar-refractivity contribution in [2.24, 2.45) is 0 Å². The van der Waals surface area contributed by atoms with E-state index in [1.807, 2.05) is 24.3 Å². The van der Waals surface area contributed by atoms with E-state index in [9.17, 15) is 48.1 Å². The maximum absolute atomic E-state index is 11.3. The predicted octanol–water partition coefficient (Wildman–Crippen LogP) is -5.42. The third-order valence-corrected chi connectivity index (χ3v) is 7.68. The molecule has 10 atom stereocenters. The van der Waals surface area contributed by atoms with Gasteiger partial charge in [-0.15, -0.1) is 12.6 Å². The molecule has 2 aromatic carbocycles. The molecule has 3 heterocycles. The Bertz CT molecular complexity index is 1790. The fraction of sp³-hybridized carbons (Fsp3) is 0.424. The van der Waals surface area contributed by atoms with Crippen molar-refractivity contribution >= 4 is 32.8 Å². The second-order valence-corrected chi connectivity index (χ2v) is 12.9. The molecule has 4 unspecified atom stereocenters. The van der Waals surface area contributed by atoms with Gasteiger partial charge in [0.2, 0.25) is 34.8 Å². The van der Waals surface area contributed by atoms with E-state index in [1.54, 1.807) is 67.0 Å². The molecule has 0 bridgehead atoms. The number of pyridine rings is 1. The van der Waals surface area contributed by atoms with Crippen LogP contribution in [0.3, 0.4) is 0 Å². The molecule has 0 aliphatic carbocycles. The Labute approximate surface area is 351 Å². The van der Waals surface area contributed by atoms with Gasteiger partial charge >= 0.3 is 40.2 Å². The molecule has 2 aliphatic rings. The normalized spacial score (nSPS) is 26.3. The Balaban J connectivity index is 0.000000455. The molecule has 3 aromatic rings. The summed E-state index contributed by atoms with van der Waals surface area (Å²) in [6.45, 7) is 1.21. The summed E-state index contributed by atoms with van der Waals surface area (Å²) in [5.74, 6) is -0.0574. The van der Waals surface area contributed by atoms with Crippen molar-refractivity contribution in [1.82, 2.24) is 15.6 Å². The number of ether oxygens (including phenoxy) is 4. The van der Waals surface area contributed by atoms with Crippen molar-refractivity contribution < 1.29 is 113 Å². The van der Waals surface area contributed by atoms with E-state index in [4.69, 9.17) is 31.6 Å².